The molecule has 1 N–H and O–H groups in total. The normalized spacial score (nSPS) is 19.6. The highest BCUT2D eigenvalue weighted by molar-refractivity contribution is 5.49. The molecule has 1 aromatic heterocycles. The summed E-state index contributed by atoms with van der Waals surface area (Å²) in [6.45, 7) is 3.09. The Bertz CT molecular complexity index is 408. The Morgan fingerprint density at radius 3 is 2.71 bits per heavy atom. The Morgan fingerprint density at radius 1 is 1.12 bits per heavy atom. The molecule has 2 aliphatic rings. The van der Waals surface area contributed by atoms with Gasteiger partial charge < -0.3 is 5.32 Å². The molecule has 1 heterocycles. The number of hydrogen-bond acceptors (Lipinski definition) is 3. The van der Waals surface area contributed by atoms with Gasteiger partial charge in [0.1, 0.15) is 11.6 Å². The van der Waals surface area contributed by atoms with Gasteiger partial charge in [-0.05, 0) is 39.0 Å². The fraction of sp³-hybridized carbons (Fsp3) is 0.714. The number of aromatic nitrogens is 2. The maximum Gasteiger partial charge on any atom is 0.134 e. The zero-order valence-electron chi connectivity index (χ0n) is 10.6. The number of fused-ring (bicyclic) bond motifs is 1. The SMILES string of the molecule is CCNc1nc(C2CCCC2)nc2c1CCC2. The van der Waals surface area contributed by atoms with Gasteiger partial charge in [-0.1, -0.05) is 12.8 Å². The Labute approximate surface area is 103 Å². The van der Waals surface area contributed by atoms with E-state index in [9.17, 15) is 0 Å². The van der Waals surface area contributed by atoms with Crippen molar-refractivity contribution in [2.75, 3.05) is 11.9 Å². The van der Waals surface area contributed by atoms with Gasteiger partial charge in [0, 0.05) is 23.7 Å². The van der Waals surface area contributed by atoms with E-state index in [1.807, 2.05) is 0 Å². The predicted molar refractivity (Wildman–Crippen MR) is 69.4 cm³/mol. The lowest BCUT2D eigenvalue weighted by molar-refractivity contribution is 0.662. The van der Waals surface area contributed by atoms with Gasteiger partial charge in [-0.3, -0.25) is 0 Å². The van der Waals surface area contributed by atoms with Crippen molar-refractivity contribution < 1.29 is 0 Å². The fourth-order valence-corrected chi connectivity index (χ4v) is 3.13. The summed E-state index contributed by atoms with van der Waals surface area (Å²) in [5.41, 5.74) is 2.70. The second-order valence-electron chi connectivity index (χ2n) is 5.22. The van der Waals surface area contributed by atoms with Crippen LogP contribution in [0.1, 0.15) is 62.0 Å². The van der Waals surface area contributed by atoms with Gasteiger partial charge in [0.25, 0.3) is 0 Å². The van der Waals surface area contributed by atoms with Crippen LogP contribution < -0.4 is 5.32 Å². The Kier molecular flexibility index (Phi) is 3.00. The zero-order chi connectivity index (χ0) is 11.7. The van der Waals surface area contributed by atoms with Crippen molar-refractivity contribution in [3.05, 3.63) is 17.1 Å². The minimum absolute atomic E-state index is 0.623. The summed E-state index contributed by atoms with van der Waals surface area (Å²) in [6, 6.07) is 0. The first-order valence-corrected chi connectivity index (χ1v) is 7.02. The Hall–Kier alpha value is -1.12. The third kappa shape index (κ3) is 2.03. The van der Waals surface area contributed by atoms with Gasteiger partial charge in [0.05, 0.1) is 0 Å². The summed E-state index contributed by atoms with van der Waals surface area (Å²) in [6.07, 6.45) is 8.81. The molecular formula is C14H21N3. The third-order valence-corrected chi connectivity index (χ3v) is 4.01. The number of anilines is 1. The van der Waals surface area contributed by atoms with Crippen LogP contribution in [0.5, 0.6) is 0 Å². The monoisotopic (exact) mass is 231 g/mol. The first-order valence-electron chi connectivity index (χ1n) is 7.02. The average molecular weight is 231 g/mol. The highest BCUT2D eigenvalue weighted by Crippen LogP contribution is 2.35. The first kappa shape index (κ1) is 11.0. The molecular weight excluding hydrogens is 210 g/mol. The summed E-state index contributed by atoms with van der Waals surface area (Å²) in [4.78, 5) is 9.62. The smallest absolute Gasteiger partial charge is 0.134 e. The van der Waals surface area contributed by atoms with Crippen LogP contribution >= 0.6 is 0 Å². The van der Waals surface area contributed by atoms with E-state index in [2.05, 4.69) is 12.2 Å². The number of hydrogen-bond donors (Lipinski definition) is 1. The van der Waals surface area contributed by atoms with Crippen LogP contribution in [0, 0.1) is 0 Å². The van der Waals surface area contributed by atoms with Gasteiger partial charge in [-0.25, -0.2) is 9.97 Å². The van der Waals surface area contributed by atoms with Crippen LogP contribution in [0.4, 0.5) is 5.82 Å². The van der Waals surface area contributed by atoms with Crippen LogP contribution in [0.2, 0.25) is 0 Å². The second kappa shape index (κ2) is 4.63. The molecule has 0 radical (unpaired) electrons. The summed E-state index contributed by atoms with van der Waals surface area (Å²) >= 11 is 0. The molecule has 0 aliphatic heterocycles. The van der Waals surface area contributed by atoms with Crippen molar-refractivity contribution in [3.63, 3.8) is 0 Å². The molecule has 0 unspecified atom stereocenters. The lowest BCUT2D eigenvalue weighted by atomic mass is 10.1. The molecule has 92 valence electrons. The lowest BCUT2D eigenvalue weighted by Gasteiger charge is -2.14. The summed E-state index contributed by atoms with van der Waals surface area (Å²) in [7, 11) is 0. The number of nitrogens with one attached hydrogen (secondary N) is 1. The standard InChI is InChI=1S/C14H21N3/c1-2-15-14-11-8-5-9-12(11)16-13(17-14)10-6-3-4-7-10/h10H,2-9H2,1H3,(H,15,16,17). The van der Waals surface area contributed by atoms with Crippen molar-refractivity contribution in [1.82, 2.24) is 9.97 Å². The first-order chi connectivity index (χ1) is 8.38. The molecule has 2 aliphatic carbocycles. The van der Waals surface area contributed by atoms with Crippen molar-refractivity contribution in [3.8, 4) is 0 Å². The molecule has 0 aromatic carbocycles. The van der Waals surface area contributed by atoms with Crippen LogP contribution in [-0.4, -0.2) is 16.5 Å². The van der Waals surface area contributed by atoms with Gasteiger partial charge >= 0.3 is 0 Å². The third-order valence-electron chi connectivity index (χ3n) is 4.01. The summed E-state index contributed by atoms with van der Waals surface area (Å²) in [5, 5.41) is 3.42. The van der Waals surface area contributed by atoms with E-state index in [-0.39, 0.29) is 0 Å². The Balaban J connectivity index is 1.96. The molecule has 3 nitrogen and oxygen atoms in total. The molecule has 0 bridgehead atoms. The molecule has 1 aromatic rings. The number of nitrogens with zero attached hydrogens (tertiary/aromatic N) is 2. The van der Waals surface area contributed by atoms with Crippen LogP contribution in [-0.2, 0) is 12.8 Å². The maximum absolute atomic E-state index is 4.83. The van der Waals surface area contributed by atoms with E-state index in [0.29, 0.717) is 5.92 Å². The molecule has 17 heavy (non-hydrogen) atoms. The maximum atomic E-state index is 4.83. The topological polar surface area (TPSA) is 37.8 Å². The molecule has 1 fully saturated rings. The van der Waals surface area contributed by atoms with E-state index in [1.165, 1.54) is 43.4 Å². The highest BCUT2D eigenvalue weighted by atomic mass is 15.0. The van der Waals surface area contributed by atoms with Crippen molar-refractivity contribution in [1.29, 1.82) is 0 Å². The summed E-state index contributed by atoms with van der Waals surface area (Å²) < 4.78 is 0. The molecule has 0 spiro atoms. The minimum atomic E-state index is 0.623. The zero-order valence-corrected chi connectivity index (χ0v) is 10.6. The number of aryl methyl sites for hydroxylation is 1. The lowest BCUT2D eigenvalue weighted by Crippen LogP contribution is -2.10. The highest BCUT2D eigenvalue weighted by Gasteiger charge is 2.24. The fourth-order valence-electron chi connectivity index (χ4n) is 3.13. The van der Waals surface area contributed by atoms with Crippen LogP contribution in [0.3, 0.4) is 0 Å². The number of rotatable bonds is 3. The van der Waals surface area contributed by atoms with Gasteiger partial charge in [-0.15, -0.1) is 0 Å². The van der Waals surface area contributed by atoms with E-state index in [4.69, 9.17) is 9.97 Å². The Morgan fingerprint density at radius 2 is 1.94 bits per heavy atom. The molecule has 0 amide bonds. The molecule has 3 heteroatoms. The van der Waals surface area contributed by atoms with Gasteiger partial charge in [-0.2, -0.15) is 0 Å². The molecule has 0 atom stereocenters. The average Bonchev–Trinajstić information content (AvgIpc) is 3.00. The van der Waals surface area contributed by atoms with Gasteiger partial charge in [0.15, 0.2) is 0 Å². The molecule has 0 saturated heterocycles. The molecule has 3 rings (SSSR count). The van der Waals surface area contributed by atoms with Crippen molar-refractivity contribution >= 4 is 5.82 Å². The van der Waals surface area contributed by atoms with E-state index in [1.54, 1.807) is 0 Å². The summed E-state index contributed by atoms with van der Waals surface area (Å²) in [5.74, 6) is 2.86. The van der Waals surface area contributed by atoms with Crippen LogP contribution in [0.25, 0.3) is 0 Å². The van der Waals surface area contributed by atoms with Crippen molar-refractivity contribution in [2.24, 2.45) is 0 Å². The van der Waals surface area contributed by atoms with Crippen LogP contribution in [0.15, 0.2) is 0 Å². The van der Waals surface area contributed by atoms with Crippen molar-refractivity contribution in [2.45, 2.75) is 57.8 Å². The quantitative estimate of drug-likeness (QED) is 0.868. The predicted octanol–water partition coefficient (Wildman–Crippen LogP) is 3.05. The molecule has 1 saturated carbocycles. The van der Waals surface area contributed by atoms with E-state index in [0.717, 1.165) is 31.0 Å². The minimum Gasteiger partial charge on any atom is -0.370 e. The van der Waals surface area contributed by atoms with E-state index < -0.39 is 0 Å². The van der Waals surface area contributed by atoms with Gasteiger partial charge in [0.2, 0.25) is 0 Å². The largest absolute Gasteiger partial charge is 0.370 e. The van der Waals surface area contributed by atoms with E-state index >= 15 is 0 Å². The second-order valence-corrected chi connectivity index (χ2v) is 5.22.